The van der Waals surface area contributed by atoms with Crippen molar-refractivity contribution >= 4 is 23.9 Å². The van der Waals surface area contributed by atoms with Crippen molar-refractivity contribution in [2.75, 3.05) is 46.4 Å². The topological polar surface area (TPSA) is 125 Å². The predicted molar refractivity (Wildman–Crippen MR) is 213 cm³/mol. The van der Waals surface area contributed by atoms with Gasteiger partial charge >= 0.3 is 18.0 Å². The number of amides is 3. The van der Waals surface area contributed by atoms with Gasteiger partial charge in [-0.25, -0.2) is 4.79 Å². The van der Waals surface area contributed by atoms with Crippen LogP contribution < -0.4 is 5.32 Å². The van der Waals surface area contributed by atoms with E-state index in [1.54, 1.807) is 21.0 Å². The first-order chi connectivity index (χ1) is 25.7. The highest BCUT2D eigenvalue weighted by Crippen LogP contribution is 2.78. The van der Waals surface area contributed by atoms with Gasteiger partial charge in [0, 0.05) is 51.7 Å². The van der Waals surface area contributed by atoms with E-state index >= 15 is 0 Å². The molecule has 0 aromatic rings. The van der Waals surface area contributed by atoms with E-state index in [1.165, 1.54) is 18.4 Å². The molecule has 3 amide bonds. The smallest absolute Gasteiger partial charge is 0.317 e. The predicted octanol–water partition coefficient (Wildman–Crippen LogP) is 7.95. The molecule has 6 fully saturated rings. The minimum Gasteiger partial charge on any atom is -0.481 e. The lowest BCUT2D eigenvalue weighted by molar-refractivity contribution is -0.250. The summed E-state index contributed by atoms with van der Waals surface area (Å²) in [6, 6.07) is -0.0846. The van der Waals surface area contributed by atoms with Crippen LogP contribution in [0.25, 0.3) is 0 Å². The van der Waals surface area contributed by atoms with Gasteiger partial charge in [0.15, 0.2) is 0 Å². The second-order valence-corrected chi connectivity index (χ2v) is 21.0. The zero-order valence-corrected chi connectivity index (χ0v) is 35.7. The van der Waals surface area contributed by atoms with E-state index in [-0.39, 0.29) is 51.5 Å². The van der Waals surface area contributed by atoms with E-state index in [0.717, 1.165) is 51.4 Å². The van der Waals surface area contributed by atoms with Crippen LogP contribution in [0.15, 0.2) is 12.2 Å². The minimum atomic E-state index is -1.16. The molecular formula is C45H73N3O7. The van der Waals surface area contributed by atoms with Crippen molar-refractivity contribution in [3.63, 3.8) is 0 Å². The summed E-state index contributed by atoms with van der Waals surface area (Å²) < 4.78 is 11.3. The van der Waals surface area contributed by atoms with Crippen LogP contribution in [0.5, 0.6) is 0 Å². The highest BCUT2D eigenvalue weighted by atomic mass is 16.5. The molecule has 0 spiro atoms. The number of nitrogens with zero attached hydrogens (tertiary/aromatic N) is 2. The number of rotatable bonds is 10. The molecule has 5 saturated carbocycles. The summed E-state index contributed by atoms with van der Waals surface area (Å²) in [4.78, 5) is 55.6. The van der Waals surface area contributed by atoms with Crippen LogP contribution in [0.1, 0.15) is 132 Å². The van der Waals surface area contributed by atoms with Crippen molar-refractivity contribution in [1.29, 1.82) is 0 Å². The molecule has 6 aliphatic rings. The SMILES string of the molecule is C=C(C)[C@@H]1CC[C@]2(CC(=O)N3CCN(C(=O)NCCOC)CC3)CC[C@]3(C)[C@H](CC[C@@H]4[C@@]5(C)CC[C@H](OC(=O)CC(C)(C)C(=O)O)C(C)(C)C5CC[C@]43C)[C@@H]12. The van der Waals surface area contributed by atoms with Gasteiger partial charge in [-0.05, 0) is 136 Å². The van der Waals surface area contributed by atoms with Crippen LogP contribution in [0.4, 0.5) is 4.79 Å². The van der Waals surface area contributed by atoms with Crippen molar-refractivity contribution in [3.8, 4) is 0 Å². The Morgan fingerprint density at radius 3 is 2.15 bits per heavy atom. The standard InChI is InChI=1S/C45H73N3O7/c1-29(2)30-13-18-45(27-35(49)47-22-24-48(25-23-47)39(53)46-21-26-54-10)20-19-43(8)31(37(30)45)11-12-33-42(7)16-15-34(55-36(50)28-40(3,4)38(51)52)41(5,6)32(42)14-17-44(33,43)9/h30-34,37H,1,11-28H2,2-10H3,(H,46,53)(H,51,52)/t30-,31+,32?,33+,34-,37+,42-,43+,44+,45+/m0/s1. The van der Waals surface area contributed by atoms with Crippen molar-refractivity contribution in [2.24, 2.45) is 62.1 Å². The molecule has 0 aromatic heterocycles. The van der Waals surface area contributed by atoms with E-state index in [4.69, 9.17) is 9.47 Å². The molecule has 2 N–H and O–H groups in total. The Balaban J connectivity index is 1.18. The lowest BCUT2D eigenvalue weighted by atomic mass is 9.32. The number of nitrogens with one attached hydrogen (secondary N) is 1. The maximum atomic E-state index is 14.3. The number of carbonyl (C=O) groups is 4. The van der Waals surface area contributed by atoms with E-state index in [2.05, 4.69) is 53.4 Å². The number of piperazine rings is 1. The van der Waals surface area contributed by atoms with Crippen molar-refractivity contribution < 1.29 is 33.8 Å². The number of esters is 1. The Morgan fingerprint density at radius 1 is 0.836 bits per heavy atom. The zero-order chi connectivity index (χ0) is 40.4. The van der Waals surface area contributed by atoms with Crippen molar-refractivity contribution in [2.45, 2.75) is 139 Å². The number of methoxy groups -OCH3 is 1. The number of carboxylic acids is 1. The van der Waals surface area contributed by atoms with Crippen LogP contribution in [-0.4, -0.2) is 91.3 Å². The van der Waals surface area contributed by atoms with Gasteiger partial charge < -0.3 is 29.7 Å². The molecule has 1 unspecified atom stereocenters. The summed E-state index contributed by atoms with van der Waals surface area (Å²) in [7, 11) is 1.62. The average Bonchev–Trinajstić information content (AvgIpc) is 3.49. The van der Waals surface area contributed by atoms with Gasteiger partial charge in [0.2, 0.25) is 5.91 Å². The summed E-state index contributed by atoms with van der Waals surface area (Å²) in [6.07, 6.45) is 11.2. The number of aliphatic carboxylic acids is 1. The van der Waals surface area contributed by atoms with E-state index in [0.29, 0.717) is 75.3 Å². The highest BCUT2D eigenvalue weighted by molar-refractivity contribution is 5.81. The van der Waals surface area contributed by atoms with Crippen LogP contribution >= 0.6 is 0 Å². The Labute approximate surface area is 331 Å². The van der Waals surface area contributed by atoms with Gasteiger partial charge in [-0.3, -0.25) is 14.4 Å². The quantitative estimate of drug-likeness (QED) is 0.131. The van der Waals surface area contributed by atoms with Gasteiger partial charge in [0.05, 0.1) is 18.4 Å². The first-order valence-corrected chi connectivity index (χ1v) is 21.5. The summed E-state index contributed by atoms with van der Waals surface area (Å²) in [6.45, 7) is 25.6. The fourth-order valence-electron chi connectivity index (χ4n) is 14.4. The minimum absolute atomic E-state index is 0.0109. The summed E-state index contributed by atoms with van der Waals surface area (Å²) >= 11 is 0. The highest BCUT2D eigenvalue weighted by Gasteiger charge is 2.71. The molecule has 0 aromatic carbocycles. The molecule has 1 saturated heterocycles. The van der Waals surface area contributed by atoms with Gasteiger partial charge in [-0.1, -0.05) is 46.8 Å². The van der Waals surface area contributed by atoms with Crippen LogP contribution in [0, 0.1) is 62.1 Å². The molecule has 5 aliphatic carbocycles. The number of fused-ring (bicyclic) bond motifs is 7. The number of ether oxygens (including phenoxy) is 2. The Kier molecular flexibility index (Phi) is 11.4. The molecule has 6 rings (SSSR count). The number of carboxylic acid groups (broad SMARTS) is 1. The molecule has 10 heteroatoms. The van der Waals surface area contributed by atoms with E-state index in [1.807, 2.05) is 9.80 Å². The monoisotopic (exact) mass is 768 g/mol. The van der Waals surface area contributed by atoms with Gasteiger partial charge in [-0.15, -0.1) is 0 Å². The number of hydrogen-bond acceptors (Lipinski definition) is 6. The summed E-state index contributed by atoms with van der Waals surface area (Å²) in [5, 5.41) is 12.5. The van der Waals surface area contributed by atoms with Gasteiger partial charge in [0.25, 0.3) is 0 Å². The van der Waals surface area contributed by atoms with E-state index < -0.39 is 17.4 Å². The van der Waals surface area contributed by atoms with Gasteiger partial charge in [-0.2, -0.15) is 0 Å². The Hall–Kier alpha value is -2.62. The molecule has 1 aliphatic heterocycles. The molecule has 310 valence electrons. The lowest BCUT2D eigenvalue weighted by Gasteiger charge is -2.73. The first kappa shape index (κ1) is 42.0. The number of hydrogen-bond donors (Lipinski definition) is 2. The van der Waals surface area contributed by atoms with Crippen molar-refractivity contribution in [1.82, 2.24) is 15.1 Å². The number of carbonyl (C=O) groups excluding carboxylic acids is 3. The maximum absolute atomic E-state index is 14.3. The summed E-state index contributed by atoms with van der Waals surface area (Å²) in [5.74, 6) is 1.26. The molecule has 0 bridgehead atoms. The molecule has 0 radical (unpaired) electrons. The third-order valence-corrected chi connectivity index (χ3v) is 17.6. The average molecular weight is 768 g/mol. The fourth-order valence-corrected chi connectivity index (χ4v) is 14.4. The largest absolute Gasteiger partial charge is 0.481 e. The lowest BCUT2D eigenvalue weighted by Crippen LogP contribution is -2.67. The molecule has 10 atom stereocenters. The van der Waals surface area contributed by atoms with Crippen LogP contribution in [0.2, 0.25) is 0 Å². The van der Waals surface area contributed by atoms with Crippen molar-refractivity contribution in [3.05, 3.63) is 12.2 Å². The zero-order valence-electron chi connectivity index (χ0n) is 35.7. The van der Waals surface area contributed by atoms with E-state index in [9.17, 15) is 24.3 Å². The maximum Gasteiger partial charge on any atom is 0.317 e. The molecule has 1 heterocycles. The third kappa shape index (κ3) is 7.04. The second kappa shape index (κ2) is 15.0. The van der Waals surface area contributed by atoms with Crippen LogP contribution in [-0.2, 0) is 23.9 Å². The van der Waals surface area contributed by atoms with Gasteiger partial charge in [0.1, 0.15) is 6.10 Å². The second-order valence-electron chi connectivity index (χ2n) is 21.0. The third-order valence-electron chi connectivity index (χ3n) is 17.6. The fraction of sp³-hybridized carbons (Fsp3) is 0.867. The number of allylic oxidation sites excluding steroid dienone is 1. The molecule has 10 nitrogen and oxygen atoms in total. The first-order valence-electron chi connectivity index (χ1n) is 21.5. The van der Waals surface area contributed by atoms with Crippen LogP contribution in [0.3, 0.4) is 0 Å². The Bertz CT molecular complexity index is 1520. The summed E-state index contributed by atoms with van der Waals surface area (Å²) in [5.41, 5.74) is 0.320. The normalized spacial score (nSPS) is 39.5. The Morgan fingerprint density at radius 2 is 1.51 bits per heavy atom. The number of urea groups is 1. The molecular weight excluding hydrogens is 695 g/mol. The molecule has 55 heavy (non-hydrogen) atoms.